The molecule has 0 aliphatic carbocycles. The van der Waals surface area contributed by atoms with E-state index in [1.54, 1.807) is 17.0 Å². The van der Waals surface area contributed by atoms with E-state index in [4.69, 9.17) is 5.11 Å². The van der Waals surface area contributed by atoms with Crippen LogP contribution in [0.25, 0.3) is 0 Å². The molecule has 8 heteroatoms. The van der Waals surface area contributed by atoms with Gasteiger partial charge in [-0.05, 0) is 30.4 Å². The van der Waals surface area contributed by atoms with E-state index in [-0.39, 0.29) is 23.1 Å². The minimum absolute atomic E-state index is 0.00562. The molecule has 0 spiro atoms. The molecular formula is C20H30N4O4. The molecular weight excluding hydrogens is 360 g/mol. The minimum Gasteiger partial charge on any atom is -0.395 e. The zero-order valence-electron chi connectivity index (χ0n) is 16.7. The van der Waals surface area contributed by atoms with Crippen LogP contribution in [0.1, 0.15) is 30.6 Å². The van der Waals surface area contributed by atoms with Crippen LogP contribution in [0.2, 0.25) is 0 Å². The van der Waals surface area contributed by atoms with Crippen molar-refractivity contribution in [2.45, 2.75) is 20.3 Å². The van der Waals surface area contributed by atoms with Crippen molar-refractivity contribution in [1.82, 2.24) is 9.80 Å². The lowest BCUT2D eigenvalue weighted by molar-refractivity contribution is -0.384. The van der Waals surface area contributed by atoms with E-state index in [9.17, 15) is 14.9 Å². The fourth-order valence-electron chi connectivity index (χ4n) is 4.43. The molecule has 2 heterocycles. The lowest BCUT2D eigenvalue weighted by atomic mass is 9.91. The molecule has 8 nitrogen and oxygen atoms in total. The Morgan fingerprint density at radius 3 is 2.39 bits per heavy atom. The summed E-state index contributed by atoms with van der Waals surface area (Å²) in [6.07, 6.45) is 1.13. The molecule has 2 fully saturated rings. The first-order valence-corrected chi connectivity index (χ1v) is 10.0. The van der Waals surface area contributed by atoms with Crippen molar-refractivity contribution in [2.24, 2.45) is 11.8 Å². The van der Waals surface area contributed by atoms with Crippen molar-refractivity contribution in [3.8, 4) is 0 Å². The van der Waals surface area contributed by atoms with E-state index in [0.717, 1.165) is 19.5 Å². The van der Waals surface area contributed by atoms with Gasteiger partial charge in [0.15, 0.2) is 0 Å². The van der Waals surface area contributed by atoms with Gasteiger partial charge >= 0.3 is 0 Å². The van der Waals surface area contributed by atoms with Gasteiger partial charge in [-0.1, -0.05) is 13.8 Å². The number of carbonyl (C=O) groups excluding carboxylic acids is 1. The van der Waals surface area contributed by atoms with E-state index in [1.807, 2.05) is 0 Å². The summed E-state index contributed by atoms with van der Waals surface area (Å²) in [7, 11) is 0. The van der Waals surface area contributed by atoms with Gasteiger partial charge < -0.3 is 14.9 Å². The normalized spacial score (nSPS) is 23.7. The Hall–Kier alpha value is -2.19. The van der Waals surface area contributed by atoms with Crippen LogP contribution in [0, 0.1) is 22.0 Å². The highest BCUT2D eigenvalue weighted by atomic mass is 16.6. The maximum atomic E-state index is 12.9. The van der Waals surface area contributed by atoms with E-state index in [1.165, 1.54) is 6.07 Å². The number of aliphatic hydroxyl groups is 1. The molecule has 2 aliphatic rings. The highest BCUT2D eigenvalue weighted by Crippen LogP contribution is 2.34. The molecule has 154 valence electrons. The number of aliphatic hydroxyl groups excluding tert-OH is 1. The topological polar surface area (TPSA) is 90.2 Å². The second kappa shape index (κ2) is 8.87. The lowest BCUT2D eigenvalue weighted by Crippen LogP contribution is -2.49. The third-order valence-corrected chi connectivity index (χ3v) is 5.70. The third-order valence-electron chi connectivity index (χ3n) is 5.70. The van der Waals surface area contributed by atoms with Gasteiger partial charge in [-0.25, -0.2) is 0 Å². The number of benzene rings is 1. The monoisotopic (exact) mass is 390 g/mol. The maximum absolute atomic E-state index is 12.9. The number of β-amino-alcohol motifs (C(OH)–C–C–N with tert-alkyl or cyclic N) is 1. The van der Waals surface area contributed by atoms with Crippen LogP contribution in [0.15, 0.2) is 18.2 Å². The molecule has 2 saturated heterocycles. The molecule has 2 unspecified atom stereocenters. The number of nitro groups is 1. The Morgan fingerprint density at radius 1 is 1.18 bits per heavy atom. The Kier molecular flexibility index (Phi) is 6.51. The number of hydrogen-bond donors (Lipinski definition) is 1. The molecule has 0 radical (unpaired) electrons. The Balaban J connectivity index is 1.77. The van der Waals surface area contributed by atoms with Gasteiger partial charge in [-0.3, -0.25) is 19.8 Å². The zero-order valence-corrected chi connectivity index (χ0v) is 16.7. The van der Waals surface area contributed by atoms with Crippen LogP contribution in [-0.4, -0.2) is 78.2 Å². The van der Waals surface area contributed by atoms with Gasteiger partial charge in [0.2, 0.25) is 0 Å². The molecule has 1 amide bonds. The number of piperidine rings is 1. The van der Waals surface area contributed by atoms with Crippen molar-refractivity contribution in [3.05, 3.63) is 33.9 Å². The van der Waals surface area contributed by atoms with E-state index in [2.05, 4.69) is 23.6 Å². The van der Waals surface area contributed by atoms with Crippen LogP contribution in [0.4, 0.5) is 11.4 Å². The maximum Gasteiger partial charge on any atom is 0.293 e. The average molecular weight is 390 g/mol. The Bertz CT molecular complexity index is 708. The number of nitrogens with zero attached hydrogens (tertiary/aromatic N) is 4. The van der Waals surface area contributed by atoms with Crippen molar-refractivity contribution < 1.29 is 14.8 Å². The van der Waals surface area contributed by atoms with Crippen molar-refractivity contribution >= 4 is 17.3 Å². The van der Waals surface area contributed by atoms with E-state index < -0.39 is 0 Å². The Morgan fingerprint density at radius 2 is 1.82 bits per heavy atom. The standard InChI is InChI=1S/C20H30N4O4/c1-15-11-16(2)14-23(13-15)18-4-3-17(12-19(18)24(27)28)20(26)22-7-5-21(6-8-22)9-10-25/h3-4,12,15-16,25H,5-11,13-14H2,1-2H3. The highest BCUT2D eigenvalue weighted by Gasteiger charge is 2.29. The molecule has 0 aromatic heterocycles. The molecule has 3 rings (SSSR count). The summed E-state index contributed by atoms with van der Waals surface area (Å²) in [4.78, 5) is 30.1. The summed E-state index contributed by atoms with van der Waals surface area (Å²) in [5, 5.41) is 20.7. The number of carbonyl (C=O) groups is 1. The average Bonchev–Trinajstić information content (AvgIpc) is 2.67. The highest BCUT2D eigenvalue weighted by molar-refractivity contribution is 5.96. The van der Waals surface area contributed by atoms with Crippen molar-refractivity contribution in [1.29, 1.82) is 0 Å². The van der Waals surface area contributed by atoms with E-state index >= 15 is 0 Å². The summed E-state index contributed by atoms with van der Waals surface area (Å²) in [6, 6.07) is 4.88. The molecule has 1 aromatic carbocycles. The molecule has 0 saturated carbocycles. The van der Waals surface area contributed by atoms with Gasteiger partial charge in [-0.2, -0.15) is 0 Å². The fourth-order valence-corrected chi connectivity index (χ4v) is 4.43. The summed E-state index contributed by atoms with van der Waals surface area (Å²) in [6.45, 7) is 9.18. The number of piperazine rings is 1. The van der Waals surface area contributed by atoms with Crippen LogP contribution < -0.4 is 4.90 Å². The first-order chi connectivity index (χ1) is 13.4. The fraction of sp³-hybridized carbons (Fsp3) is 0.650. The van der Waals surface area contributed by atoms with Gasteiger partial charge in [-0.15, -0.1) is 0 Å². The zero-order chi connectivity index (χ0) is 20.3. The van der Waals surface area contributed by atoms with Gasteiger partial charge in [0.1, 0.15) is 5.69 Å². The number of hydrogen-bond acceptors (Lipinski definition) is 6. The first-order valence-electron chi connectivity index (χ1n) is 10.0. The second-order valence-electron chi connectivity index (χ2n) is 8.17. The SMILES string of the molecule is CC1CC(C)CN(c2ccc(C(=O)N3CCN(CCO)CC3)cc2[N+](=O)[O-])C1. The van der Waals surface area contributed by atoms with Gasteiger partial charge in [0.05, 0.1) is 11.5 Å². The third kappa shape index (κ3) is 4.62. The largest absolute Gasteiger partial charge is 0.395 e. The molecule has 2 aliphatic heterocycles. The second-order valence-corrected chi connectivity index (χ2v) is 8.17. The first kappa shape index (κ1) is 20.5. The summed E-state index contributed by atoms with van der Waals surface area (Å²) < 4.78 is 0. The number of rotatable bonds is 5. The lowest BCUT2D eigenvalue weighted by Gasteiger charge is -2.36. The molecule has 0 bridgehead atoms. The quantitative estimate of drug-likeness (QED) is 0.609. The molecule has 1 aromatic rings. The molecule has 1 N–H and O–H groups in total. The van der Waals surface area contributed by atoms with Crippen molar-refractivity contribution in [3.63, 3.8) is 0 Å². The van der Waals surface area contributed by atoms with Gasteiger partial charge in [0, 0.05) is 57.4 Å². The van der Waals surface area contributed by atoms with Crippen LogP contribution >= 0.6 is 0 Å². The Labute approximate surface area is 165 Å². The molecule has 28 heavy (non-hydrogen) atoms. The van der Waals surface area contributed by atoms with Crippen LogP contribution in [0.3, 0.4) is 0 Å². The van der Waals surface area contributed by atoms with Gasteiger partial charge in [0.25, 0.3) is 11.6 Å². The number of nitro benzene ring substituents is 1. The summed E-state index contributed by atoms with van der Waals surface area (Å²) in [5.74, 6) is 0.804. The van der Waals surface area contributed by atoms with E-state index in [0.29, 0.717) is 55.8 Å². The minimum atomic E-state index is -0.380. The predicted molar refractivity (Wildman–Crippen MR) is 108 cm³/mol. The summed E-state index contributed by atoms with van der Waals surface area (Å²) in [5.41, 5.74) is 0.975. The molecule has 2 atom stereocenters. The predicted octanol–water partition coefficient (Wildman–Crippen LogP) is 1.83. The summed E-state index contributed by atoms with van der Waals surface area (Å²) >= 11 is 0. The smallest absolute Gasteiger partial charge is 0.293 e. The number of anilines is 1. The van der Waals surface area contributed by atoms with Crippen LogP contribution in [0.5, 0.6) is 0 Å². The number of amides is 1. The van der Waals surface area contributed by atoms with Crippen LogP contribution in [-0.2, 0) is 0 Å². The van der Waals surface area contributed by atoms with Crippen molar-refractivity contribution in [2.75, 3.05) is 57.3 Å².